The molecule has 4 aromatic carbocycles. The molecule has 0 aliphatic carbocycles. The molecule has 3 aliphatic heterocycles. The van der Waals surface area contributed by atoms with E-state index in [9.17, 15) is 0 Å². The highest BCUT2D eigenvalue weighted by Gasteiger charge is 2.25. The Morgan fingerprint density at radius 3 is 1.78 bits per heavy atom. The molecule has 0 unspecified atom stereocenters. The molecule has 6 heterocycles. The van der Waals surface area contributed by atoms with Gasteiger partial charge in [0.15, 0.2) is 18.9 Å². The lowest BCUT2D eigenvalue weighted by molar-refractivity contribution is -0.484. The van der Waals surface area contributed by atoms with Gasteiger partial charge in [0, 0.05) is 28.8 Å². The van der Waals surface area contributed by atoms with Crippen molar-refractivity contribution in [1.29, 1.82) is 0 Å². The maximum Gasteiger partial charge on any atom is 0.445 e. The van der Waals surface area contributed by atoms with E-state index in [0.29, 0.717) is 32.1 Å². The van der Waals surface area contributed by atoms with Gasteiger partial charge < -0.3 is 23.7 Å². The lowest BCUT2D eigenvalue weighted by Gasteiger charge is -2.17. The van der Waals surface area contributed by atoms with Crippen LogP contribution in [0.3, 0.4) is 0 Å². The van der Waals surface area contributed by atoms with E-state index in [1.54, 1.807) is 4.58 Å². The summed E-state index contributed by atoms with van der Waals surface area (Å²) in [5.74, 6) is 3.73. The molecule has 0 saturated carbocycles. The quantitative estimate of drug-likeness (QED) is 0.191. The third kappa shape index (κ3) is 8.14. The summed E-state index contributed by atoms with van der Waals surface area (Å²) in [4.78, 5) is 28.9. The van der Waals surface area contributed by atoms with Crippen LogP contribution < -0.4 is 23.7 Å². The minimum Gasteiger partial charge on any atom is -0.459 e. The molecular formula is C43H39N10O5+3. The van der Waals surface area contributed by atoms with Crippen molar-refractivity contribution in [2.75, 3.05) is 34.4 Å². The number of methoxy groups -OCH3 is 2. The van der Waals surface area contributed by atoms with Gasteiger partial charge in [0.05, 0.1) is 32.2 Å². The molecule has 10 rings (SSSR count). The number of aromatic nitrogens is 7. The summed E-state index contributed by atoms with van der Waals surface area (Å²) in [7, 11) is 2.99. The first-order valence-corrected chi connectivity index (χ1v) is 18.3. The first kappa shape index (κ1) is 37.3. The Morgan fingerprint density at radius 1 is 0.534 bits per heavy atom. The van der Waals surface area contributed by atoms with Gasteiger partial charge in [-0.05, 0) is 65.3 Å². The van der Waals surface area contributed by atoms with E-state index in [0.717, 1.165) is 61.7 Å². The van der Waals surface area contributed by atoms with E-state index in [1.807, 2.05) is 104 Å². The number of hydrogen-bond donors (Lipinski definition) is 0. The molecular weight excluding hydrogens is 737 g/mol. The molecule has 288 valence electrons. The van der Waals surface area contributed by atoms with Crippen LogP contribution in [0.4, 0.5) is 17.6 Å². The van der Waals surface area contributed by atoms with Gasteiger partial charge in [-0.1, -0.05) is 64.6 Å². The Morgan fingerprint density at radius 2 is 1.10 bits per heavy atom. The number of fused-ring (bicyclic) bond motifs is 4. The van der Waals surface area contributed by atoms with Gasteiger partial charge in [-0.2, -0.15) is 18.7 Å². The van der Waals surface area contributed by atoms with Crippen molar-refractivity contribution >= 4 is 47.1 Å². The highest BCUT2D eigenvalue weighted by atomic mass is 16.5. The van der Waals surface area contributed by atoms with E-state index in [1.165, 1.54) is 26.9 Å². The SMILES string of the molecule is C1=[N+](c2cccc3cccnc23)COc2ccccc21.COc1nc(OC)nc([N+]2=Cc3cccc(C)c3OC2)n1.Cc1cccc2c1OC[N+](c1ncncn1)=C2. The zero-order valence-electron chi connectivity index (χ0n) is 32.3. The van der Waals surface area contributed by atoms with E-state index < -0.39 is 0 Å². The van der Waals surface area contributed by atoms with E-state index in [4.69, 9.17) is 23.7 Å². The molecule has 0 fully saturated rings. The molecule has 0 atom stereocenters. The van der Waals surface area contributed by atoms with Gasteiger partial charge >= 0.3 is 23.9 Å². The fraction of sp³-hybridized carbons (Fsp3) is 0.163. The van der Waals surface area contributed by atoms with Crippen LogP contribution in [0.2, 0.25) is 0 Å². The summed E-state index contributed by atoms with van der Waals surface area (Å²) >= 11 is 0. The topological polar surface area (TPSA) is 145 Å². The van der Waals surface area contributed by atoms with Crippen molar-refractivity contribution in [3.63, 3.8) is 0 Å². The average molecular weight is 776 g/mol. The first-order chi connectivity index (χ1) is 28.5. The molecule has 0 radical (unpaired) electrons. The molecule has 0 bridgehead atoms. The molecule has 15 heteroatoms. The van der Waals surface area contributed by atoms with Crippen molar-refractivity contribution in [3.05, 3.63) is 138 Å². The van der Waals surface area contributed by atoms with Gasteiger partial charge in [0.1, 0.15) is 22.8 Å². The summed E-state index contributed by atoms with van der Waals surface area (Å²) in [6.07, 6.45) is 10.8. The Hall–Kier alpha value is -7.68. The number of pyridine rings is 1. The summed E-state index contributed by atoms with van der Waals surface area (Å²) < 4.78 is 33.1. The maximum absolute atomic E-state index is 5.81. The number of hydrogen-bond acceptors (Lipinski definition) is 12. The average Bonchev–Trinajstić information content (AvgIpc) is 3.29. The third-order valence-corrected chi connectivity index (χ3v) is 9.21. The van der Waals surface area contributed by atoms with Crippen molar-refractivity contribution < 1.29 is 37.4 Å². The molecule has 58 heavy (non-hydrogen) atoms. The Bertz CT molecular complexity index is 2680. The number of rotatable bonds is 5. The minimum atomic E-state index is 0.195. The van der Waals surface area contributed by atoms with E-state index >= 15 is 0 Å². The molecule has 0 N–H and O–H groups in total. The first-order valence-electron chi connectivity index (χ1n) is 18.3. The zero-order valence-corrected chi connectivity index (χ0v) is 32.3. The number of benzene rings is 4. The summed E-state index contributed by atoms with van der Waals surface area (Å²) in [5, 5.41) is 1.14. The highest BCUT2D eigenvalue weighted by molar-refractivity contribution is 5.89. The van der Waals surface area contributed by atoms with Crippen LogP contribution in [-0.2, 0) is 0 Å². The number of para-hydroxylation sites is 4. The Kier molecular flexibility index (Phi) is 10.9. The molecule has 0 amide bonds. The lowest BCUT2D eigenvalue weighted by atomic mass is 10.1. The zero-order chi connectivity index (χ0) is 39.8. The fourth-order valence-electron chi connectivity index (χ4n) is 6.40. The molecule has 3 aromatic heterocycles. The van der Waals surface area contributed by atoms with Gasteiger partial charge in [0.2, 0.25) is 19.1 Å². The van der Waals surface area contributed by atoms with Crippen LogP contribution in [0.25, 0.3) is 10.9 Å². The molecule has 7 aromatic rings. The van der Waals surface area contributed by atoms with Crippen LogP contribution in [0.15, 0.2) is 110 Å². The van der Waals surface area contributed by atoms with Crippen LogP contribution in [-0.4, -0.2) is 102 Å². The largest absolute Gasteiger partial charge is 0.459 e. The fourth-order valence-corrected chi connectivity index (χ4v) is 6.40. The second-order valence-corrected chi connectivity index (χ2v) is 13.0. The third-order valence-electron chi connectivity index (χ3n) is 9.21. The normalized spacial score (nSPS) is 13.3. The second-order valence-electron chi connectivity index (χ2n) is 13.0. The van der Waals surface area contributed by atoms with Crippen LogP contribution >= 0.6 is 0 Å². The van der Waals surface area contributed by atoms with E-state index in [-0.39, 0.29) is 12.0 Å². The maximum atomic E-state index is 5.81. The molecule has 0 saturated heterocycles. The highest BCUT2D eigenvalue weighted by Crippen LogP contribution is 2.29. The van der Waals surface area contributed by atoms with Crippen molar-refractivity contribution in [2.45, 2.75) is 13.8 Å². The number of nitrogens with zero attached hydrogens (tertiary/aromatic N) is 10. The van der Waals surface area contributed by atoms with Crippen molar-refractivity contribution in [3.8, 4) is 29.3 Å². The monoisotopic (exact) mass is 775 g/mol. The van der Waals surface area contributed by atoms with Gasteiger partial charge in [-0.3, -0.25) is 0 Å². The summed E-state index contributed by atoms with van der Waals surface area (Å²) in [6.45, 7) is 5.28. The van der Waals surface area contributed by atoms with E-state index in [2.05, 4.69) is 69.9 Å². The summed E-state index contributed by atoms with van der Waals surface area (Å²) in [6, 6.07) is 30.7. The van der Waals surface area contributed by atoms with Gasteiger partial charge in [-0.25, -0.2) is 4.98 Å². The number of aryl methyl sites for hydroxylation is 2. The standard InChI is InChI=1S/C17H13N2O.C14H15N4O3.C12H11N4O/c1-2-9-16-14(5-1)11-19(12-20-16)15-8-3-6-13-7-4-10-18-17(13)15;1-9-5-4-6-10-7-18(8-21-11(9)10)12-15-13(19-2)17-14(16-12)20-3;1-9-3-2-4-10-5-16(8-17-11(9)10)12-14-6-13-7-15-12/h1-11H,12H2;4-7H,8H2,1-3H3;2-7H,8H2,1H3/q3*+1. The number of ether oxygens (including phenoxy) is 5. The Labute approximate surface area is 333 Å². The molecule has 3 aliphatic rings. The van der Waals surface area contributed by atoms with Gasteiger partial charge in [0.25, 0.3) is 6.73 Å². The summed E-state index contributed by atoms with van der Waals surface area (Å²) in [5.41, 5.74) is 7.39. The lowest BCUT2D eigenvalue weighted by Crippen LogP contribution is -2.23. The second kappa shape index (κ2) is 17.0. The smallest absolute Gasteiger partial charge is 0.445 e. The van der Waals surface area contributed by atoms with Crippen molar-refractivity contribution in [1.82, 2.24) is 34.9 Å². The molecule has 0 spiro atoms. The minimum absolute atomic E-state index is 0.195. The van der Waals surface area contributed by atoms with Crippen molar-refractivity contribution in [2.24, 2.45) is 0 Å². The van der Waals surface area contributed by atoms with Crippen LogP contribution in [0.5, 0.6) is 29.3 Å². The molecule has 15 nitrogen and oxygen atoms in total. The van der Waals surface area contributed by atoms with Crippen LogP contribution in [0, 0.1) is 13.8 Å². The van der Waals surface area contributed by atoms with Crippen LogP contribution in [0.1, 0.15) is 27.8 Å². The Balaban J connectivity index is 0.000000122. The van der Waals surface area contributed by atoms with Gasteiger partial charge in [-0.15, -0.1) is 4.98 Å². The predicted molar refractivity (Wildman–Crippen MR) is 215 cm³/mol. The predicted octanol–water partition coefficient (Wildman–Crippen LogP) is 5.95.